The van der Waals surface area contributed by atoms with E-state index in [1.54, 1.807) is 0 Å². The molecule has 2 aromatic rings. The normalized spacial score (nSPS) is 18.5. The monoisotopic (exact) mass is 340 g/mol. The summed E-state index contributed by atoms with van der Waals surface area (Å²) in [5.74, 6) is 0.0459. The molecule has 0 radical (unpaired) electrons. The maximum Gasteiger partial charge on any atom is 0.235 e. The summed E-state index contributed by atoms with van der Waals surface area (Å²) in [6.45, 7) is 2.25. The summed E-state index contributed by atoms with van der Waals surface area (Å²) < 4.78 is 0. The predicted octanol–water partition coefficient (Wildman–Crippen LogP) is 4.61. The fourth-order valence-corrected chi connectivity index (χ4v) is 3.89. The van der Waals surface area contributed by atoms with Crippen molar-refractivity contribution in [3.05, 3.63) is 59.1 Å². The lowest BCUT2D eigenvalue weighted by atomic mass is 9.95. The van der Waals surface area contributed by atoms with Gasteiger partial charge in [0.25, 0.3) is 0 Å². The van der Waals surface area contributed by atoms with Gasteiger partial charge in [-0.15, -0.1) is 0 Å². The van der Waals surface area contributed by atoms with Crippen molar-refractivity contribution < 1.29 is 4.79 Å². The second-order valence-electron chi connectivity index (χ2n) is 6.76. The van der Waals surface area contributed by atoms with Gasteiger partial charge in [-0.25, -0.2) is 0 Å². The van der Waals surface area contributed by atoms with Crippen molar-refractivity contribution >= 4 is 28.9 Å². The van der Waals surface area contributed by atoms with Crippen LogP contribution in [0.1, 0.15) is 31.2 Å². The van der Waals surface area contributed by atoms with Crippen molar-refractivity contribution in [1.29, 1.82) is 0 Å². The average molecular weight is 341 g/mol. The van der Waals surface area contributed by atoms with Gasteiger partial charge in [0.2, 0.25) is 5.91 Å². The van der Waals surface area contributed by atoms with E-state index in [0.29, 0.717) is 5.02 Å². The Balaban J connectivity index is 1.49. The number of carbonyl (C=O) groups excluding carboxylic acids is 1. The first-order valence-electron chi connectivity index (χ1n) is 8.60. The van der Waals surface area contributed by atoms with Crippen LogP contribution in [-0.4, -0.2) is 19.0 Å². The van der Waals surface area contributed by atoms with E-state index in [1.165, 1.54) is 18.5 Å². The number of benzene rings is 2. The van der Waals surface area contributed by atoms with E-state index in [9.17, 15) is 4.79 Å². The highest BCUT2D eigenvalue weighted by atomic mass is 35.5. The van der Waals surface area contributed by atoms with Gasteiger partial charge in [0.15, 0.2) is 0 Å². The fourth-order valence-electron chi connectivity index (χ4n) is 3.57. The van der Waals surface area contributed by atoms with Crippen LogP contribution in [0.25, 0.3) is 0 Å². The van der Waals surface area contributed by atoms with Crippen LogP contribution in [0.5, 0.6) is 0 Å². The lowest BCUT2D eigenvalue weighted by Crippen LogP contribution is -2.28. The second-order valence-corrected chi connectivity index (χ2v) is 7.16. The topological polar surface area (TPSA) is 32.3 Å². The number of amides is 1. The molecule has 2 aliphatic rings. The van der Waals surface area contributed by atoms with Gasteiger partial charge in [0.1, 0.15) is 0 Å². The Bertz CT molecular complexity index is 746. The Morgan fingerprint density at radius 3 is 2.29 bits per heavy atom. The minimum Gasteiger partial charge on any atom is -0.372 e. The maximum atomic E-state index is 12.8. The highest BCUT2D eigenvalue weighted by Gasteiger charge is 2.52. The van der Waals surface area contributed by atoms with Gasteiger partial charge in [0, 0.05) is 29.5 Å². The fraction of sp³-hybridized carbons (Fsp3) is 0.350. The third-order valence-corrected chi connectivity index (χ3v) is 5.50. The Morgan fingerprint density at radius 2 is 1.67 bits per heavy atom. The summed E-state index contributed by atoms with van der Waals surface area (Å²) in [5, 5.41) is 3.75. The summed E-state index contributed by atoms with van der Waals surface area (Å²) in [5.41, 5.74) is 2.57. The van der Waals surface area contributed by atoms with E-state index in [0.717, 1.165) is 37.2 Å². The second kappa shape index (κ2) is 6.14. The molecule has 0 atom stereocenters. The van der Waals surface area contributed by atoms with Crippen LogP contribution < -0.4 is 10.2 Å². The highest BCUT2D eigenvalue weighted by molar-refractivity contribution is 6.32. The van der Waals surface area contributed by atoms with E-state index < -0.39 is 5.41 Å². The molecule has 3 nitrogen and oxygen atoms in total. The number of hydrogen-bond acceptors (Lipinski definition) is 2. The molecule has 4 rings (SSSR count). The molecule has 0 bridgehead atoms. The van der Waals surface area contributed by atoms with Crippen LogP contribution in [0, 0.1) is 0 Å². The molecule has 4 heteroatoms. The van der Waals surface area contributed by atoms with Crippen LogP contribution in [0.3, 0.4) is 0 Å². The molecule has 1 amide bonds. The lowest BCUT2D eigenvalue weighted by molar-refractivity contribution is -0.118. The predicted molar refractivity (Wildman–Crippen MR) is 98.9 cm³/mol. The summed E-state index contributed by atoms with van der Waals surface area (Å²) in [6.07, 6.45) is 4.24. The van der Waals surface area contributed by atoms with Crippen LogP contribution >= 0.6 is 11.6 Å². The van der Waals surface area contributed by atoms with Gasteiger partial charge in [0.05, 0.1) is 5.41 Å². The zero-order valence-electron chi connectivity index (χ0n) is 13.6. The van der Waals surface area contributed by atoms with Crippen LogP contribution in [0.2, 0.25) is 5.02 Å². The summed E-state index contributed by atoms with van der Waals surface area (Å²) in [7, 11) is 0. The van der Waals surface area contributed by atoms with Crippen molar-refractivity contribution in [3.63, 3.8) is 0 Å². The largest absolute Gasteiger partial charge is 0.372 e. The molecule has 1 aliphatic carbocycles. The Hall–Kier alpha value is -2.00. The zero-order chi connectivity index (χ0) is 16.6. The first kappa shape index (κ1) is 15.5. The van der Waals surface area contributed by atoms with Gasteiger partial charge >= 0.3 is 0 Å². The third kappa shape index (κ3) is 2.78. The van der Waals surface area contributed by atoms with Crippen molar-refractivity contribution in [1.82, 2.24) is 0 Å². The van der Waals surface area contributed by atoms with Gasteiger partial charge < -0.3 is 10.2 Å². The molecule has 2 fully saturated rings. The van der Waals surface area contributed by atoms with Crippen molar-refractivity contribution in [2.75, 3.05) is 23.3 Å². The molecular weight excluding hydrogens is 320 g/mol. The summed E-state index contributed by atoms with van der Waals surface area (Å²) in [6, 6.07) is 15.8. The maximum absolute atomic E-state index is 12.8. The van der Waals surface area contributed by atoms with Crippen molar-refractivity contribution in [2.24, 2.45) is 0 Å². The number of nitrogens with one attached hydrogen (secondary N) is 1. The SMILES string of the molecule is O=C(Nc1ccc(N2CCCC2)cc1)C1(c2ccccc2Cl)CC1. The number of rotatable bonds is 4. The van der Waals surface area contributed by atoms with Gasteiger partial charge in [-0.3, -0.25) is 4.79 Å². The van der Waals surface area contributed by atoms with Gasteiger partial charge in [-0.05, 0) is 61.6 Å². The first-order valence-corrected chi connectivity index (χ1v) is 8.98. The minimum absolute atomic E-state index is 0.0459. The molecule has 1 saturated heterocycles. The number of halogens is 1. The van der Waals surface area contributed by atoms with E-state index >= 15 is 0 Å². The molecule has 1 saturated carbocycles. The number of hydrogen-bond donors (Lipinski definition) is 1. The Kier molecular flexibility index (Phi) is 3.97. The average Bonchev–Trinajstić information content (AvgIpc) is 3.22. The molecule has 124 valence electrons. The molecule has 1 aliphatic heterocycles. The van der Waals surface area contributed by atoms with Crippen LogP contribution in [-0.2, 0) is 10.2 Å². The van der Waals surface area contributed by atoms with E-state index in [-0.39, 0.29) is 5.91 Å². The van der Waals surface area contributed by atoms with Crippen molar-refractivity contribution in [3.8, 4) is 0 Å². The molecule has 0 unspecified atom stereocenters. The lowest BCUT2D eigenvalue weighted by Gasteiger charge is -2.19. The molecule has 24 heavy (non-hydrogen) atoms. The first-order chi connectivity index (χ1) is 11.7. The van der Waals surface area contributed by atoms with E-state index in [2.05, 4.69) is 22.3 Å². The Morgan fingerprint density at radius 1 is 1.00 bits per heavy atom. The van der Waals surface area contributed by atoms with E-state index in [4.69, 9.17) is 11.6 Å². The third-order valence-electron chi connectivity index (χ3n) is 5.17. The number of nitrogens with zero attached hydrogens (tertiary/aromatic N) is 1. The minimum atomic E-state index is -0.452. The van der Waals surface area contributed by atoms with Gasteiger partial charge in [-0.1, -0.05) is 29.8 Å². The van der Waals surface area contributed by atoms with E-state index in [1.807, 2.05) is 36.4 Å². The van der Waals surface area contributed by atoms with Crippen molar-refractivity contribution in [2.45, 2.75) is 31.1 Å². The molecule has 1 N–H and O–H groups in total. The summed E-state index contributed by atoms with van der Waals surface area (Å²) in [4.78, 5) is 15.2. The van der Waals surface area contributed by atoms with Crippen LogP contribution in [0.15, 0.2) is 48.5 Å². The number of anilines is 2. The molecule has 0 spiro atoms. The highest BCUT2D eigenvalue weighted by Crippen LogP contribution is 2.51. The van der Waals surface area contributed by atoms with Crippen LogP contribution in [0.4, 0.5) is 11.4 Å². The Labute approximate surface area is 147 Å². The quantitative estimate of drug-likeness (QED) is 0.881. The molecule has 2 aromatic carbocycles. The standard InChI is InChI=1S/C20H21ClN2O/c21-18-6-2-1-5-17(18)20(11-12-20)19(24)22-15-7-9-16(10-8-15)23-13-3-4-14-23/h1-2,5-10H,3-4,11-14H2,(H,22,24). The smallest absolute Gasteiger partial charge is 0.235 e. The molecular formula is C20H21ClN2O. The zero-order valence-corrected chi connectivity index (χ0v) is 14.4. The summed E-state index contributed by atoms with van der Waals surface area (Å²) >= 11 is 6.30. The number of carbonyl (C=O) groups is 1. The molecule has 0 aromatic heterocycles. The van der Waals surface area contributed by atoms with Gasteiger partial charge in [-0.2, -0.15) is 0 Å². The molecule has 1 heterocycles.